The summed E-state index contributed by atoms with van der Waals surface area (Å²) >= 11 is 0. The Morgan fingerprint density at radius 3 is 2.42 bits per heavy atom. The van der Waals surface area contributed by atoms with Gasteiger partial charge in [-0.2, -0.15) is 0 Å². The zero-order chi connectivity index (χ0) is 18.9. The molecule has 0 saturated heterocycles. The third-order valence-electron chi connectivity index (χ3n) is 3.54. The van der Waals surface area contributed by atoms with E-state index in [0.717, 1.165) is 6.42 Å². The van der Waals surface area contributed by atoms with Crippen molar-refractivity contribution in [1.82, 2.24) is 0 Å². The summed E-state index contributed by atoms with van der Waals surface area (Å²) in [4.78, 5) is 24.2. The van der Waals surface area contributed by atoms with Crippen molar-refractivity contribution in [1.29, 1.82) is 0 Å². The SMILES string of the molecule is CCCOC(=O)c1cccc(NC(=O)C(C)Oc2ccc(OC)cc2)c1. The molecule has 6 nitrogen and oxygen atoms in total. The number of rotatable bonds is 8. The largest absolute Gasteiger partial charge is 0.497 e. The van der Waals surface area contributed by atoms with Crippen LogP contribution in [-0.2, 0) is 9.53 Å². The van der Waals surface area contributed by atoms with E-state index in [2.05, 4.69) is 5.32 Å². The minimum absolute atomic E-state index is 0.320. The topological polar surface area (TPSA) is 73.9 Å². The lowest BCUT2D eigenvalue weighted by atomic mass is 10.2. The van der Waals surface area contributed by atoms with E-state index in [0.29, 0.717) is 29.4 Å². The fourth-order valence-electron chi connectivity index (χ4n) is 2.16. The predicted molar refractivity (Wildman–Crippen MR) is 98.7 cm³/mol. The van der Waals surface area contributed by atoms with E-state index < -0.39 is 12.1 Å². The minimum Gasteiger partial charge on any atom is -0.497 e. The molecule has 0 heterocycles. The molecule has 0 spiro atoms. The Bertz CT molecular complexity index is 742. The molecular weight excluding hydrogens is 334 g/mol. The van der Waals surface area contributed by atoms with E-state index in [1.54, 1.807) is 62.6 Å². The first kappa shape index (κ1) is 19.3. The first-order chi connectivity index (χ1) is 12.5. The molecule has 0 bridgehead atoms. The summed E-state index contributed by atoms with van der Waals surface area (Å²) in [5.41, 5.74) is 0.895. The first-order valence-corrected chi connectivity index (χ1v) is 8.42. The minimum atomic E-state index is -0.709. The Morgan fingerprint density at radius 1 is 1.08 bits per heavy atom. The van der Waals surface area contributed by atoms with Gasteiger partial charge in [0.2, 0.25) is 0 Å². The summed E-state index contributed by atoms with van der Waals surface area (Å²) in [6.07, 6.45) is 0.0432. The average molecular weight is 357 g/mol. The van der Waals surface area contributed by atoms with Crippen molar-refractivity contribution in [3.8, 4) is 11.5 Å². The zero-order valence-electron chi connectivity index (χ0n) is 15.2. The molecule has 138 valence electrons. The number of amides is 1. The fourth-order valence-corrected chi connectivity index (χ4v) is 2.16. The van der Waals surface area contributed by atoms with Crippen LogP contribution in [0.1, 0.15) is 30.6 Å². The first-order valence-electron chi connectivity index (χ1n) is 8.42. The number of benzene rings is 2. The molecule has 2 rings (SSSR count). The normalized spacial score (nSPS) is 11.3. The Labute approximate surface area is 153 Å². The summed E-state index contributed by atoms with van der Waals surface area (Å²) in [6, 6.07) is 13.6. The second kappa shape index (κ2) is 9.46. The monoisotopic (exact) mass is 357 g/mol. The zero-order valence-corrected chi connectivity index (χ0v) is 15.2. The maximum atomic E-state index is 12.3. The molecule has 0 radical (unpaired) electrons. The Hall–Kier alpha value is -3.02. The lowest BCUT2D eigenvalue weighted by Crippen LogP contribution is -2.30. The molecule has 1 amide bonds. The molecule has 26 heavy (non-hydrogen) atoms. The number of nitrogens with one attached hydrogen (secondary N) is 1. The lowest BCUT2D eigenvalue weighted by molar-refractivity contribution is -0.122. The van der Waals surface area contributed by atoms with Crippen LogP contribution in [0.15, 0.2) is 48.5 Å². The second-order valence-electron chi connectivity index (χ2n) is 5.64. The number of ether oxygens (including phenoxy) is 3. The van der Waals surface area contributed by atoms with Crippen molar-refractivity contribution in [2.24, 2.45) is 0 Å². The quantitative estimate of drug-likeness (QED) is 0.730. The number of carbonyl (C=O) groups is 2. The Morgan fingerprint density at radius 2 is 1.77 bits per heavy atom. The highest BCUT2D eigenvalue weighted by Crippen LogP contribution is 2.19. The lowest BCUT2D eigenvalue weighted by Gasteiger charge is -2.15. The van der Waals surface area contributed by atoms with Crippen molar-refractivity contribution in [2.45, 2.75) is 26.4 Å². The smallest absolute Gasteiger partial charge is 0.338 e. The van der Waals surface area contributed by atoms with Gasteiger partial charge in [0, 0.05) is 5.69 Å². The van der Waals surface area contributed by atoms with Gasteiger partial charge in [-0.3, -0.25) is 4.79 Å². The molecule has 1 N–H and O–H groups in total. The number of esters is 1. The number of hydrogen-bond acceptors (Lipinski definition) is 5. The highest BCUT2D eigenvalue weighted by atomic mass is 16.5. The summed E-state index contributed by atoms with van der Waals surface area (Å²) in [6.45, 7) is 3.94. The van der Waals surface area contributed by atoms with Gasteiger partial charge in [-0.15, -0.1) is 0 Å². The number of hydrogen-bond donors (Lipinski definition) is 1. The van der Waals surface area contributed by atoms with Crippen LogP contribution in [0.2, 0.25) is 0 Å². The van der Waals surface area contributed by atoms with Crippen LogP contribution in [0, 0.1) is 0 Å². The van der Waals surface area contributed by atoms with Crippen LogP contribution in [0.5, 0.6) is 11.5 Å². The van der Waals surface area contributed by atoms with E-state index >= 15 is 0 Å². The molecule has 0 aliphatic carbocycles. The molecule has 0 fully saturated rings. The van der Waals surface area contributed by atoms with Crippen LogP contribution in [-0.4, -0.2) is 31.7 Å². The van der Waals surface area contributed by atoms with Gasteiger partial charge < -0.3 is 19.5 Å². The predicted octanol–water partition coefficient (Wildman–Crippen LogP) is 3.67. The molecule has 1 atom stereocenters. The van der Waals surface area contributed by atoms with Crippen molar-refractivity contribution in [2.75, 3.05) is 19.0 Å². The summed E-state index contributed by atoms with van der Waals surface area (Å²) in [7, 11) is 1.58. The second-order valence-corrected chi connectivity index (χ2v) is 5.64. The van der Waals surface area contributed by atoms with Gasteiger partial charge in [-0.05, 0) is 55.8 Å². The Kier molecular flexibility index (Phi) is 7.02. The van der Waals surface area contributed by atoms with E-state index in [-0.39, 0.29) is 5.91 Å². The highest BCUT2D eigenvalue weighted by molar-refractivity contribution is 5.96. The summed E-state index contributed by atoms with van der Waals surface area (Å²) in [5, 5.41) is 2.74. The van der Waals surface area contributed by atoms with Gasteiger partial charge in [0.05, 0.1) is 19.3 Å². The number of carbonyl (C=O) groups excluding carboxylic acids is 2. The number of anilines is 1. The van der Waals surface area contributed by atoms with Crippen LogP contribution in [0.25, 0.3) is 0 Å². The van der Waals surface area contributed by atoms with E-state index in [9.17, 15) is 9.59 Å². The maximum Gasteiger partial charge on any atom is 0.338 e. The van der Waals surface area contributed by atoms with Gasteiger partial charge in [0.1, 0.15) is 11.5 Å². The van der Waals surface area contributed by atoms with Gasteiger partial charge in [0.25, 0.3) is 5.91 Å². The Balaban J connectivity index is 1.96. The van der Waals surface area contributed by atoms with Crippen LogP contribution < -0.4 is 14.8 Å². The summed E-state index contributed by atoms with van der Waals surface area (Å²) in [5.74, 6) is 0.539. The van der Waals surface area contributed by atoms with Crippen LogP contribution in [0.4, 0.5) is 5.69 Å². The van der Waals surface area contributed by atoms with Gasteiger partial charge in [-0.1, -0.05) is 13.0 Å². The molecule has 0 aliphatic rings. The molecule has 6 heteroatoms. The van der Waals surface area contributed by atoms with E-state index in [1.807, 2.05) is 6.92 Å². The van der Waals surface area contributed by atoms with Gasteiger partial charge >= 0.3 is 5.97 Å². The fraction of sp³-hybridized carbons (Fsp3) is 0.300. The average Bonchev–Trinajstić information content (AvgIpc) is 2.66. The molecule has 0 aliphatic heterocycles. The van der Waals surface area contributed by atoms with Crippen molar-refractivity contribution < 1.29 is 23.8 Å². The molecule has 2 aromatic rings. The highest BCUT2D eigenvalue weighted by Gasteiger charge is 2.16. The van der Waals surface area contributed by atoms with Crippen LogP contribution >= 0.6 is 0 Å². The van der Waals surface area contributed by atoms with Gasteiger partial charge in [-0.25, -0.2) is 4.79 Å². The number of methoxy groups -OCH3 is 1. The third kappa shape index (κ3) is 5.51. The van der Waals surface area contributed by atoms with E-state index in [4.69, 9.17) is 14.2 Å². The van der Waals surface area contributed by atoms with E-state index in [1.165, 1.54) is 0 Å². The molecule has 2 aromatic carbocycles. The van der Waals surface area contributed by atoms with Crippen LogP contribution in [0.3, 0.4) is 0 Å². The molecular formula is C20H23NO5. The van der Waals surface area contributed by atoms with Crippen molar-refractivity contribution >= 4 is 17.6 Å². The molecule has 0 saturated carbocycles. The molecule has 1 unspecified atom stereocenters. The van der Waals surface area contributed by atoms with Crippen molar-refractivity contribution in [3.63, 3.8) is 0 Å². The maximum absolute atomic E-state index is 12.3. The van der Waals surface area contributed by atoms with Crippen molar-refractivity contribution in [3.05, 3.63) is 54.1 Å². The third-order valence-corrected chi connectivity index (χ3v) is 3.54. The van der Waals surface area contributed by atoms with Gasteiger partial charge in [0.15, 0.2) is 6.10 Å². The standard InChI is InChI=1S/C20H23NO5/c1-4-12-25-20(23)15-6-5-7-16(13-15)21-19(22)14(2)26-18-10-8-17(24-3)9-11-18/h5-11,13-14H,4,12H2,1-3H3,(H,21,22). The summed E-state index contributed by atoms with van der Waals surface area (Å²) < 4.78 is 15.8. The molecule has 0 aromatic heterocycles.